The summed E-state index contributed by atoms with van der Waals surface area (Å²) in [6, 6.07) is 14.8. The molecule has 0 N–H and O–H groups in total. The van der Waals surface area contributed by atoms with E-state index in [4.69, 9.17) is 9.47 Å². The Morgan fingerprint density at radius 3 is 1.41 bits per heavy atom. The molecular weight excluding hydrogens is 280 g/mol. The molecule has 0 atom stereocenters. The summed E-state index contributed by atoms with van der Waals surface area (Å²) in [6.45, 7) is 0. The maximum Gasteiger partial charge on any atom is 0.337 e. The number of fused-ring (bicyclic) bond motifs is 2. The number of hydrogen-bond donors (Lipinski definition) is 0. The van der Waals surface area contributed by atoms with E-state index in [0.717, 1.165) is 21.5 Å². The summed E-state index contributed by atoms with van der Waals surface area (Å²) in [5.74, 6) is -0.717. The molecule has 0 aliphatic rings. The molecule has 0 aromatic heterocycles. The van der Waals surface area contributed by atoms with Crippen LogP contribution in [0.3, 0.4) is 0 Å². The monoisotopic (exact) mass is 294 g/mol. The van der Waals surface area contributed by atoms with Crippen LogP contribution >= 0.6 is 0 Å². The van der Waals surface area contributed by atoms with Crippen molar-refractivity contribution in [1.29, 1.82) is 0 Å². The minimum Gasteiger partial charge on any atom is -0.465 e. The van der Waals surface area contributed by atoms with Crippen molar-refractivity contribution in [2.75, 3.05) is 14.2 Å². The molecule has 4 heteroatoms. The predicted octanol–water partition coefficient (Wildman–Crippen LogP) is 3.57. The lowest BCUT2D eigenvalue weighted by Gasteiger charge is -2.06. The molecule has 3 aromatic carbocycles. The minimum atomic E-state index is -0.358. The number of carbonyl (C=O) groups is 2. The lowest BCUT2D eigenvalue weighted by atomic mass is 10.00. The summed E-state index contributed by atoms with van der Waals surface area (Å²) in [4.78, 5) is 23.2. The third kappa shape index (κ3) is 2.39. The predicted molar refractivity (Wildman–Crippen MR) is 84.1 cm³/mol. The van der Waals surface area contributed by atoms with Crippen LogP contribution < -0.4 is 0 Å². The molecule has 0 fully saturated rings. The molecule has 110 valence electrons. The van der Waals surface area contributed by atoms with Crippen LogP contribution in [-0.2, 0) is 9.47 Å². The first-order valence-corrected chi connectivity index (χ1v) is 6.76. The van der Waals surface area contributed by atoms with Gasteiger partial charge >= 0.3 is 11.9 Å². The summed E-state index contributed by atoms with van der Waals surface area (Å²) >= 11 is 0. The third-order valence-corrected chi connectivity index (χ3v) is 3.64. The third-order valence-electron chi connectivity index (χ3n) is 3.64. The van der Waals surface area contributed by atoms with E-state index in [-0.39, 0.29) is 11.9 Å². The number of methoxy groups -OCH3 is 2. The Bertz CT molecular complexity index is 821. The van der Waals surface area contributed by atoms with Gasteiger partial charge in [0.25, 0.3) is 0 Å². The molecule has 0 aliphatic carbocycles. The van der Waals surface area contributed by atoms with Crippen LogP contribution in [-0.4, -0.2) is 26.2 Å². The van der Waals surface area contributed by atoms with Crippen molar-refractivity contribution in [2.24, 2.45) is 0 Å². The second-order valence-corrected chi connectivity index (χ2v) is 4.96. The second kappa shape index (κ2) is 5.48. The van der Waals surface area contributed by atoms with E-state index in [0.29, 0.717) is 11.1 Å². The molecule has 0 heterocycles. The molecule has 0 spiro atoms. The molecule has 0 amide bonds. The Labute approximate surface area is 127 Å². The van der Waals surface area contributed by atoms with Crippen LogP contribution in [0.5, 0.6) is 0 Å². The maximum atomic E-state index is 11.6. The topological polar surface area (TPSA) is 52.6 Å². The van der Waals surface area contributed by atoms with Crippen molar-refractivity contribution in [2.45, 2.75) is 0 Å². The summed E-state index contributed by atoms with van der Waals surface area (Å²) in [5, 5.41) is 3.87. The van der Waals surface area contributed by atoms with Gasteiger partial charge in [0.15, 0.2) is 0 Å². The highest BCUT2D eigenvalue weighted by molar-refractivity contribution is 6.03. The Kier molecular flexibility index (Phi) is 3.51. The Hall–Kier alpha value is -2.88. The molecule has 3 aromatic rings. The highest BCUT2D eigenvalue weighted by Crippen LogP contribution is 2.25. The summed E-state index contributed by atoms with van der Waals surface area (Å²) in [6.07, 6.45) is 0. The van der Waals surface area contributed by atoms with Crippen LogP contribution in [0.2, 0.25) is 0 Å². The zero-order valence-corrected chi connectivity index (χ0v) is 12.3. The van der Waals surface area contributed by atoms with Gasteiger partial charge in [-0.15, -0.1) is 0 Å². The fourth-order valence-corrected chi connectivity index (χ4v) is 2.49. The van der Waals surface area contributed by atoms with Crippen LogP contribution in [0, 0.1) is 0 Å². The average Bonchev–Trinajstić information content (AvgIpc) is 2.57. The van der Waals surface area contributed by atoms with Gasteiger partial charge in [0.1, 0.15) is 0 Å². The highest BCUT2D eigenvalue weighted by atomic mass is 16.5. The number of rotatable bonds is 2. The zero-order chi connectivity index (χ0) is 15.7. The molecule has 0 saturated carbocycles. The van der Waals surface area contributed by atoms with E-state index >= 15 is 0 Å². The number of hydrogen-bond acceptors (Lipinski definition) is 4. The van der Waals surface area contributed by atoms with Crippen molar-refractivity contribution in [3.63, 3.8) is 0 Å². The standard InChI is InChI=1S/C18H14O4/c1-21-17(19)13-5-3-11-8-16-10-14(18(20)22-2)6-4-12(16)7-15(11)9-13/h3-10H,1-2H3. The summed E-state index contributed by atoms with van der Waals surface area (Å²) in [7, 11) is 2.72. The van der Waals surface area contributed by atoms with E-state index in [2.05, 4.69) is 0 Å². The van der Waals surface area contributed by atoms with Crippen LogP contribution in [0.15, 0.2) is 48.5 Å². The second-order valence-electron chi connectivity index (χ2n) is 4.96. The first kappa shape index (κ1) is 14.1. The largest absolute Gasteiger partial charge is 0.465 e. The van der Waals surface area contributed by atoms with E-state index in [1.165, 1.54) is 14.2 Å². The Balaban J connectivity index is 2.17. The Morgan fingerprint density at radius 1 is 0.636 bits per heavy atom. The molecule has 0 saturated heterocycles. The molecule has 4 nitrogen and oxygen atoms in total. The van der Waals surface area contributed by atoms with Crippen LogP contribution in [0.25, 0.3) is 21.5 Å². The van der Waals surface area contributed by atoms with Gasteiger partial charge in [-0.2, -0.15) is 0 Å². The van der Waals surface area contributed by atoms with Gasteiger partial charge in [-0.3, -0.25) is 0 Å². The number of benzene rings is 3. The van der Waals surface area contributed by atoms with E-state index in [1.54, 1.807) is 24.3 Å². The fourth-order valence-electron chi connectivity index (χ4n) is 2.49. The maximum absolute atomic E-state index is 11.6. The molecular formula is C18H14O4. The van der Waals surface area contributed by atoms with E-state index in [1.807, 2.05) is 24.3 Å². The normalized spacial score (nSPS) is 10.6. The van der Waals surface area contributed by atoms with Gasteiger partial charge in [0.05, 0.1) is 25.3 Å². The van der Waals surface area contributed by atoms with Crippen molar-refractivity contribution >= 4 is 33.5 Å². The highest BCUT2D eigenvalue weighted by Gasteiger charge is 2.09. The quantitative estimate of drug-likeness (QED) is 0.535. The number of carbonyl (C=O) groups excluding carboxylic acids is 2. The van der Waals surface area contributed by atoms with Crippen molar-refractivity contribution in [1.82, 2.24) is 0 Å². The minimum absolute atomic E-state index is 0.358. The average molecular weight is 294 g/mol. The van der Waals surface area contributed by atoms with E-state index in [9.17, 15) is 9.59 Å². The molecule has 0 radical (unpaired) electrons. The van der Waals surface area contributed by atoms with Gasteiger partial charge < -0.3 is 9.47 Å². The summed E-state index contributed by atoms with van der Waals surface area (Å²) < 4.78 is 9.47. The molecule has 0 unspecified atom stereocenters. The Morgan fingerprint density at radius 2 is 1.05 bits per heavy atom. The van der Waals surface area contributed by atoms with E-state index < -0.39 is 0 Å². The first-order valence-electron chi connectivity index (χ1n) is 6.76. The van der Waals surface area contributed by atoms with Gasteiger partial charge in [-0.1, -0.05) is 12.1 Å². The summed E-state index contributed by atoms with van der Waals surface area (Å²) in [5.41, 5.74) is 1.03. The zero-order valence-electron chi connectivity index (χ0n) is 12.3. The number of esters is 2. The lowest BCUT2D eigenvalue weighted by Crippen LogP contribution is -2.01. The van der Waals surface area contributed by atoms with Crippen molar-refractivity contribution < 1.29 is 19.1 Å². The smallest absolute Gasteiger partial charge is 0.337 e. The molecule has 3 rings (SSSR count). The van der Waals surface area contributed by atoms with Gasteiger partial charge in [-0.25, -0.2) is 9.59 Å². The van der Waals surface area contributed by atoms with Gasteiger partial charge in [0.2, 0.25) is 0 Å². The van der Waals surface area contributed by atoms with Crippen molar-refractivity contribution in [3.8, 4) is 0 Å². The molecule has 0 aliphatic heterocycles. The van der Waals surface area contributed by atoms with Gasteiger partial charge in [0, 0.05) is 0 Å². The first-order chi connectivity index (χ1) is 10.6. The fraction of sp³-hybridized carbons (Fsp3) is 0.111. The van der Waals surface area contributed by atoms with Crippen LogP contribution in [0.1, 0.15) is 20.7 Å². The molecule has 0 bridgehead atoms. The van der Waals surface area contributed by atoms with Gasteiger partial charge in [-0.05, 0) is 57.9 Å². The van der Waals surface area contributed by atoms with Crippen molar-refractivity contribution in [3.05, 3.63) is 59.7 Å². The SMILES string of the molecule is COC(=O)c1ccc2cc3cc(C(=O)OC)ccc3cc2c1. The number of ether oxygens (including phenoxy) is 2. The lowest BCUT2D eigenvalue weighted by molar-refractivity contribution is 0.0592. The molecule has 22 heavy (non-hydrogen) atoms. The van der Waals surface area contributed by atoms with Crippen LogP contribution in [0.4, 0.5) is 0 Å².